The van der Waals surface area contributed by atoms with Gasteiger partial charge in [-0.1, -0.05) is 22.0 Å². The van der Waals surface area contributed by atoms with Crippen molar-refractivity contribution in [1.82, 2.24) is 15.5 Å². The highest BCUT2D eigenvalue weighted by Crippen LogP contribution is 2.24. The Hall–Kier alpha value is -1.93. The first-order chi connectivity index (χ1) is 12.5. The minimum absolute atomic E-state index is 0.0641. The number of piperazine rings is 1. The van der Waals surface area contributed by atoms with Crippen LogP contribution in [0.4, 0.5) is 0 Å². The number of halogens is 1. The second kappa shape index (κ2) is 8.18. The maximum Gasteiger partial charge on any atom is 0.251 e. The van der Waals surface area contributed by atoms with E-state index in [2.05, 4.69) is 26.6 Å². The fraction of sp³-hybridized carbons (Fsp3) is 0.500. The smallest absolute Gasteiger partial charge is 0.251 e. The summed E-state index contributed by atoms with van der Waals surface area (Å²) < 4.78 is 0.823. The minimum Gasteiger partial charge on any atom is -0.347 e. The van der Waals surface area contributed by atoms with Crippen molar-refractivity contribution in [3.8, 4) is 0 Å². The Balaban J connectivity index is 1.62. The van der Waals surface area contributed by atoms with Crippen molar-refractivity contribution >= 4 is 33.7 Å². The van der Waals surface area contributed by atoms with Gasteiger partial charge in [-0.2, -0.15) is 0 Å². The standard InChI is InChI=1S/C18H23BrN4O3/c19-12-5-3-4-11(8-12)16(24)21-13-9-15-17(25)22-14(6-1-2-7-20)18(26)23(15)10-13/h3-5,8,13-15H,1-2,6-7,9-10,20H2,(H,21,24)(H,22,25)/t13-,14-,15-/m0/s1. The number of carbonyl (C=O) groups is 3. The molecule has 2 aliphatic rings. The molecule has 26 heavy (non-hydrogen) atoms. The van der Waals surface area contributed by atoms with Crippen LogP contribution in [0.15, 0.2) is 28.7 Å². The highest BCUT2D eigenvalue weighted by molar-refractivity contribution is 9.10. The fourth-order valence-corrected chi connectivity index (χ4v) is 3.95. The number of hydrogen-bond acceptors (Lipinski definition) is 4. The lowest BCUT2D eigenvalue weighted by Gasteiger charge is -2.34. The molecule has 2 fully saturated rings. The van der Waals surface area contributed by atoms with E-state index in [9.17, 15) is 14.4 Å². The number of nitrogens with two attached hydrogens (primary N) is 1. The molecule has 7 nitrogen and oxygen atoms in total. The maximum atomic E-state index is 12.7. The maximum absolute atomic E-state index is 12.7. The van der Waals surface area contributed by atoms with Crippen LogP contribution in [0.2, 0.25) is 0 Å². The average molecular weight is 423 g/mol. The Labute approximate surface area is 160 Å². The van der Waals surface area contributed by atoms with Crippen LogP contribution in [-0.4, -0.2) is 53.8 Å². The third-order valence-electron chi connectivity index (χ3n) is 4.87. The number of nitrogens with one attached hydrogen (secondary N) is 2. The van der Waals surface area contributed by atoms with Crippen molar-refractivity contribution < 1.29 is 14.4 Å². The Kier molecular flexibility index (Phi) is 5.93. The molecule has 0 unspecified atom stereocenters. The molecule has 0 spiro atoms. The molecule has 0 bridgehead atoms. The van der Waals surface area contributed by atoms with Gasteiger partial charge in [-0.3, -0.25) is 14.4 Å². The van der Waals surface area contributed by atoms with Crippen LogP contribution >= 0.6 is 15.9 Å². The molecule has 2 heterocycles. The van der Waals surface area contributed by atoms with Crippen LogP contribution in [0, 0.1) is 0 Å². The molecule has 0 aromatic heterocycles. The van der Waals surface area contributed by atoms with Gasteiger partial charge in [-0.05, 0) is 50.4 Å². The van der Waals surface area contributed by atoms with Crippen LogP contribution in [-0.2, 0) is 9.59 Å². The molecule has 140 valence electrons. The van der Waals surface area contributed by atoms with Gasteiger partial charge in [0.1, 0.15) is 12.1 Å². The van der Waals surface area contributed by atoms with Gasteiger partial charge in [0, 0.05) is 22.6 Å². The molecular weight excluding hydrogens is 400 g/mol. The number of unbranched alkanes of at least 4 members (excludes halogenated alkanes) is 1. The molecule has 0 radical (unpaired) electrons. The van der Waals surface area contributed by atoms with Crippen molar-refractivity contribution in [2.45, 2.75) is 43.8 Å². The highest BCUT2D eigenvalue weighted by atomic mass is 79.9. The summed E-state index contributed by atoms with van der Waals surface area (Å²) in [6.07, 6.45) is 2.66. The molecule has 2 saturated heterocycles. The van der Waals surface area contributed by atoms with Gasteiger partial charge < -0.3 is 21.3 Å². The van der Waals surface area contributed by atoms with Crippen molar-refractivity contribution in [2.75, 3.05) is 13.1 Å². The molecule has 1 aromatic carbocycles. The zero-order valence-corrected chi connectivity index (χ0v) is 16.0. The zero-order chi connectivity index (χ0) is 18.7. The van der Waals surface area contributed by atoms with E-state index in [0.717, 1.165) is 17.3 Å². The summed E-state index contributed by atoms with van der Waals surface area (Å²) >= 11 is 3.35. The normalized spacial score (nSPS) is 25.0. The molecule has 4 N–H and O–H groups in total. The zero-order valence-electron chi connectivity index (χ0n) is 14.4. The average Bonchev–Trinajstić information content (AvgIpc) is 3.04. The molecular formula is C18H23BrN4O3. The van der Waals surface area contributed by atoms with Crippen molar-refractivity contribution in [1.29, 1.82) is 0 Å². The summed E-state index contributed by atoms with van der Waals surface area (Å²) in [7, 11) is 0. The second-order valence-corrected chi connectivity index (χ2v) is 7.68. The third kappa shape index (κ3) is 4.07. The summed E-state index contributed by atoms with van der Waals surface area (Å²) in [5.74, 6) is -0.407. The van der Waals surface area contributed by atoms with Gasteiger partial charge in [-0.15, -0.1) is 0 Å². The van der Waals surface area contributed by atoms with Gasteiger partial charge in [-0.25, -0.2) is 0 Å². The monoisotopic (exact) mass is 422 g/mol. The number of amides is 3. The molecule has 8 heteroatoms. The van der Waals surface area contributed by atoms with Gasteiger partial charge in [0.05, 0.1) is 0 Å². The molecule has 3 amide bonds. The van der Waals surface area contributed by atoms with Gasteiger partial charge >= 0.3 is 0 Å². The van der Waals surface area contributed by atoms with E-state index >= 15 is 0 Å². The number of benzene rings is 1. The van der Waals surface area contributed by atoms with E-state index in [1.54, 1.807) is 23.1 Å². The Bertz CT molecular complexity index is 711. The summed E-state index contributed by atoms with van der Waals surface area (Å²) in [5, 5.41) is 5.76. The first kappa shape index (κ1) is 18.8. The van der Waals surface area contributed by atoms with E-state index in [1.165, 1.54) is 0 Å². The van der Waals surface area contributed by atoms with E-state index < -0.39 is 12.1 Å². The first-order valence-corrected chi connectivity index (χ1v) is 9.66. The van der Waals surface area contributed by atoms with Crippen molar-refractivity contribution in [2.24, 2.45) is 5.73 Å². The molecule has 0 aliphatic carbocycles. The van der Waals surface area contributed by atoms with Gasteiger partial charge in [0.15, 0.2) is 0 Å². The lowest BCUT2D eigenvalue weighted by molar-refractivity contribution is -0.147. The van der Waals surface area contributed by atoms with Crippen molar-refractivity contribution in [3.63, 3.8) is 0 Å². The summed E-state index contributed by atoms with van der Waals surface area (Å²) in [5.41, 5.74) is 6.03. The van der Waals surface area contributed by atoms with E-state index in [-0.39, 0.29) is 23.8 Å². The quantitative estimate of drug-likeness (QED) is 0.588. The molecule has 3 rings (SSSR count). The van der Waals surface area contributed by atoms with Crippen molar-refractivity contribution in [3.05, 3.63) is 34.3 Å². The minimum atomic E-state index is -0.499. The van der Waals surface area contributed by atoms with Crippen LogP contribution in [0.25, 0.3) is 0 Å². The first-order valence-electron chi connectivity index (χ1n) is 8.87. The number of carbonyl (C=O) groups excluding carboxylic acids is 3. The number of nitrogens with zero attached hydrogens (tertiary/aromatic N) is 1. The molecule has 2 aliphatic heterocycles. The van der Waals surface area contributed by atoms with Gasteiger partial charge in [0.2, 0.25) is 11.8 Å². The van der Waals surface area contributed by atoms with E-state index in [4.69, 9.17) is 5.73 Å². The lowest BCUT2D eigenvalue weighted by Crippen LogP contribution is -2.61. The molecule has 0 saturated carbocycles. The number of fused-ring (bicyclic) bond motifs is 1. The lowest BCUT2D eigenvalue weighted by atomic mass is 10.0. The van der Waals surface area contributed by atoms with Crippen LogP contribution in [0.5, 0.6) is 0 Å². The molecule has 1 aromatic rings. The Morgan fingerprint density at radius 2 is 2.15 bits per heavy atom. The summed E-state index contributed by atoms with van der Waals surface area (Å²) in [4.78, 5) is 39.0. The van der Waals surface area contributed by atoms with Crippen LogP contribution in [0.1, 0.15) is 36.0 Å². The summed E-state index contributed by atoms with van der Waals surface area (Å²) in [6.45, 7) is 0.939. The second-order valence-electron chi connectivity index (χ2n) is 6.77. The largest absolute Gasteiger partial charge is 0.347 e. The predicted octanol–water partition coefficient (Wildman–Crippen LogP) is 0.776. The molecule has 3 atom stereocenters. The van der Waals surface area contributed by atoms with E-state index in [1.807, 2.05) is 6.07 Å². The van der Waals surface area contributed by atoms with Crippen LogP contribution < -0.4 is 16.4 Å². The number of hydrogen-bond donors (Lipinski definition) is 3. The summed E-state index contributed by atoms with van der Waals surface area (Å²) in [6, 6.07) is 5.89. The third-order valence-corrected chi connectivity index (χ3v) is 5.36. The SMILES string of the molecule is NCCCC[C@@H]1NC(=O)[C@@H]2C[C@H](NC(=O)c3cccc(Br)c3)CN2C1=O. The Morgan fingerprint density at radius 3 is 2.88 bits per heavy atom. The predicted molar refractivity (Wildman–Crippen MR) is 100 cm³/mol. The van der Waals surface area contributed by atoms with E-state index in [0.29, 0.717) is 31.5 Å². The fourth-order valence-electron chi connectivity index (χ4n) is 3.55. The topological polar surface area (TPSA) is 105 Å². The Morgan fingerprint density at radius 1 is 1.35 bits per heavy atom. The van der Waals surface area contributed by atoms with Crippen LogP contribution in [0.3, 0.4) is 0 Å². The number of rotatable bonds is 6. The highest BCUT2D eigenvalue weighted by Gasteiger charge is 2.46. The van der Waals surface area contributed by atoms with Gasteiger partial charge in [0.25, 0.3) is 5.91 Å².